The monoisotopic (exact) mass is 432 g/mol. The Kier molecular flexibility index (Phi) is 5.67. The average molecular weight is 434 g/mol. The van der Waals surface area contributed by atoms with Gasteiger partial charge in [0.15, 0.2) is 4.84 Å². The molecule has 0 bridgehead atoms. The third-order valence-corrected chi connectivity index (χ3v) is 4.48. The van der Waals surface area contributed by atoms with Gasteiger partial charge in [0.25, 0.3) is 5.91 Å². The van der Waals surface area contributed by atoms with Gasteiger partial charge in [-0.05, 0) is 30.3 Å². The minimum absolute atomic E-state index is 0.0930. The van der Waals surface area contributed by atoms with Crippen molar-refractivity contribution in [1.82, 2.24) is 9.97 Å². The molecular formula is C16H9Cl4FN4O. The molecule has 0 radical (unpaired) electrons. The Balaban J connectivity index is 2.00. The normalized spacial score (nSPS) is 11.0. The van der Waals surface area contributed by atoms with Crippen molar-refractivity contribution in [3.63, 3.8) is 0 Å². The van der Waals surface area contributed by atoms with Gasteiger partial charge in [-0.2, -0.15) is 0 Å². The lowest BCUT2D eigenvalue weighted by molar-refractivity contribution is -0.114. The number of hydrogen-bond acceptors (Lipinski definition) is 4. The van der Waals surface area contributed by atoms with Gasteiger partial charge in [0.2, 0.25) is 0 Å². The van der Waals surface area contributed by atoms with Crippen LogP contribution < -0.4 is 10.6 Å². The third kappa shape index (κ3) is 4.10. The van der Waals surface area contributed by atoms with E-state index in [2.05, 4.69) is 20.6 Å². The summed E-state index contributed by atoms with van der Waals surface area (Å²) in [4.78, 5) is 18.7. The van der Waals surface area contributed by atoms with Crippen LogP contribution in [0.15, 0.2) is 36.7 Å². The van der Waals surface area contributed by atoms with Crippen molar-refractivity contribution in [1.29, 1.82) is 0 Å². The molecule has 0 saturated carbocycles. The second-order valence-corrected chi connectivity index (χ2v) is 7.03. The number of fused-ring (bicyclic) bond motifs is 1. The lowest BCUT2D eigenvalue weighted by atomic mass is 10.2. The maximum atomic E-state index is 14.1. The van der Waals surface area contributed by atoms with Crippen LogP contribution in [0.3, 0.4) is 0 Å². The van der Waals surface area contributed by atoms with Crippen LogP contribution in [-0.2, 0) is 4.79 Å². The molecule has 0 unspecified atom stereocenters. The summed E-state index contributed by atoms with van der Waals surface area (Å²) >= 11 is 22.8. The van der Waals surface area contributed by atoms with Crippen LogP contribution >= 0.6 is 46.4 Å². The fourth-order valence-corrected chi connectivity index (χ4v) is 2.60. The van der Waals surface area contributed by atoms with Crippen molar-refractivity contribution in [2.24, 2.45) is 0 Å². The Labute approximate surface area is 167 Å². The van der Waals surface area contributed by atoms with Crippen molar-refractivity contribution in [3.05, 3.63) is 52.5 Å². The Morgan fingerprint density at radius 3 is 2.54 bits per heavy atom. The number of hydrogen-bond donors (Lipinski definition) is 2. The first-order valence-corrected chi connectivity index (χ1v) is 8.73. The molecule has 1 amide bonds. The molecule has 2 N–H and O–H groups in total. The minimum Gasteiger partial charge on any atom is -0.337 e. The highest BCUT2D eigenvalue weighted by atomic mass is 35.5. The zero-order valence-electron chi connectivity index (χ0n) is 12.7. The number of nitrogens with zero attached hydrogens (tertiary/aromatic N) is 2. The molecule has 10 heteroatoms. The van der Waals surface area contributed by atoms with E-state index in [0.717, 1.165) is 6.07 Å². The first-order chi connectivity index (χ1) is 12.3. The molecule has 0 aliphatic rings. The number of anilines is 3. The van der Waals surface area contributed by atoms with Crippen molar-refractivity contribution >= 4 is 80.4 Å². The summed E-state index contributed by atoms with van der Waals surface area (Å²) in [7, 11) is 0. The van der Waals surface area contributed by atoms with Gasteiger partial charge in [0.1, 0.15) is 18.0 Å². The Morgan fingerprint density at radius 2 is 1.81 bits per heavy atom. The number of benzene rings is 2. The summed E-state index contributed by atoms with van der Waals surface area (Å²) in [6, 6.07) is 7.36. The largest absolute Gasteiger partial charge is 0.337 e. The van der Waals surface area contributed by atoms with E-state index in [1.165, 1.54) is 12.4 Å². The molecule has 26 heavy (non-hydrogen) atoms. The van der Waals surface area contributed by atoms with E-state index in [1.54, 1.807) is 18.2 Å². The van der Waals surface area contributed by atoms with Gasteiger partial charge >= 0.3 is 0 Å². The maximum absolute atomic E-state index is 14.1. The number of aromatic nitrogens is 2. The minimum atomic E-state index is -1.21. The summed E-state index contributed by atoms with van der Waals surface area (Å²) in [6.07, 6.45) is 1.33. The third-order valence-electron chi connectivity index (χ3n) is 3.36. The van der Waals surface area contributed by atoms with Crippen LogP contribution in [0.2, 0.25) is 10.0 Å². The molecule has 0 aliphatic carbocycles. The van der Waals surface area contributed by atoms with E-state index in [4.69, 9.17) is 46.4 Å². The predicted molar refractivity (Wildman–Crippen MR) is 103 cm³/mol. The van der Waals surface area contributed by atoms with Crippen LogP contribution in [0.5, 0.6) is 0 Å². The van der Waals surface area contributed by atoms with Crippen LogP contribution in [0, 0.1) is 5.82 Å². The second-order valence-electron chi connectivity index (χ2n) is 5.12. The number of carbonyl (C=O) groups is 1. The molecule has 3 aromatic rings. The van der Waals surface area contributed by atoms with Crippen LogP contribution in [0.4, 0.5) is 21.6 Å². The van der Waals surface area contributed by atoms with Gasteiger partial charge in [0, 0.05) is 11.1 Å². The second kappa shape index (κ2) is 7.80. The van der Waals surface area contributed by atoms with Gasteiger partial charge in [-0.3, -0.25) is 4.79 Å². The lowest BCUT2D eigenvalue weighted by Gasteiger charge is -2.12. The number of rotatable bonds is 4. The Bertz CT molecular complexity index is 999. The van der Waals surface area contributed by atoms with E-state index < -0.39 is 16.6 Å². The smallest absolute Gasteiger partial charge is 0.257 e. The fourth-order valence-electron chi connectivity index (χ4n) is 2.18. The van der Waals surface area contributed by atoms with Gasteiger partial charge in [-0.25, -0.2) is 14.4 Å². The highest BCUT2D eigenvalue weighted by molar-refractivity contribution is 6.54. The first kappa shape index (κ1) is 18.9. The predicted octanol–water partition coefficient (Wildman–Crippen LogP) is 5.56. The van der Waals surface area contributed by atoms with Crippen molar-refractivity contribution < 1.29 is 9.18 Å². The SMILES string of the molecule is O=C(Nc1ccc2ncnc(Nc3cc(Cl)c(Cl)cc3F)c2c1)C(Cl)Cl. The van der Waals surface area contributed by atoms with Gasteiger partial charge < -0.3 is 10.6 Å². The van der Waals surface area contributed by atoms with Gasteiger partial charge in [-0.1, -0.05) is 46.4 Å². The van der Waals surface area contributed by atoms with Crippen LogP contribution in [0.25, 0.3) is 10.9 Å². The maximum Gasteiger partial charge on any atom is 0.257 e. The molecule has 1 heterocycles. The number of alkyl halides is 2. The Hall–Kier alpha value is -1.86. The van der Waals surface area contributed by atoms with E-state index in [-0.39, 0.29) is 15.7 Å². The van der Waals surface area contributed by atoms with E-state index in [0.29, 0.717) is 22.4 Å². The van der Waals surface area contributed by atoms with Crippen LogP contribution in [0.1, 0.15) is 0 Å². The van der Waals surface area contributed by atoms with Crippen molar-refractivity contribution in [2.75, 3.05) is 10.6 Å². The topological polar surface area (TPSA) is 66.9 Å². The molecule has 0 atom stereocenters. The molecule has 0 saturated heterocycles. The quantitative estimate of drug-likeness (QED) is 0.417. The molecular weight excluding hydrogens is 425 g/mol. The Morgan fingerprint density at radius 1 is 1.08 bits per heavy atom. The zero-order valence-corrected chi connectivity index (χ0v) is 15.8. The first-order valence-electron chi connectivity index (χ1n) is 7.10. The molecule has 0 spiro atoms. The number of halogens is 5. The van der Waals surface area contributed by atoms with Crippen LogP contribution in [-0.4, -0.2) is 20.7 Å². The zero-order chi connectivity index (χ0) is 18.8. The molecule has 1 aromatic heterocycles. The molecule has 0 fully saturated rings. The highest BCUT2D eigenvalue weighted by Crippen LogP contribution is 2.31. The highest BCUT2D eigenvalue weighted by Gasteiger charge is 2.14. The summed E-state index contributed by atoms with van der Waals surface area (Å²) in [6.45, 7) is 0. The van der Waals surface area contributed by atoms with E-state index in [9.17, 15) is 9.18 Å². The summed E-state index contributed by atoms with van der Waals surface area (Å²) in [5, 5.41) is 6.24. The molecule has 134 valence electrons. The average Bonchev–Trinajstić information content (AvgIpc) is 2.60. The van der Waals surface area contributed by atoms with Crippen molar-refractivity contribution in [2.45, 2.75) is 4.84 Å². The summed E-state index contributed by atoms with van der Waals surface area (Å²) in [5.74, 6) is -0.853. The fraction of sp³-hybridized carbons (Fsp3) is 0.0625. The van der Waals surface area contributed by atoms with E-state index in [1.807, 2.05) is 0 Å². The molecule has 3 rings (SSSR count). The number of amides is 1. The summed E-state index contributed by atoms with van der Waals surface area (Å²) < 4.78 is 14.1. The van der Waals surface area contributed by atoms with Gasteiger partial charge in [-0.15, -0.1) is 0 Å². The molecule has 2 aromatic carbocycles. The van der Waals surface area contributed by atoms with E-state index >= 15 is 0 Å². The number of nitrogens with one attached hydrogen (secondary N) is 2. The standard InChI is InChI=1S/C16H9Cl4FN4O/c17-9-4-11(21)13(5-10(9)18)25-15-8-3-7(24-16(26)14(19)20)1-2-12(8)22-6-23-15/h1-6,14H,(H,24,26)(H,22,23,25). The molecule has 5 nitrogen and oxygen atoms in total. The molecule has 0 aliphatic heterocycles. The van der Waals surface area contributed by atoms with Crippen molar-refractivity contribution in [3.8, 4) is 0 Å². The lowest BCUT2D eigenvalue weighted by Crippen LogP contribution is -2.18. The summed E-state index contributed by atoms with van der Waals surface area (Å²) in [5.41, 5.74) is 1.10. The number of carbonyl (C=O) groups excluding carboxylic acids is 1. The van der Waals surface area contributed by atoms with Gasteiger partial charge in [0.05, 0.1) is 21.2 Å².